The summed E-state index contributed by atoms with van der Waals surface area (Å²) in [6, 6.07) is 7.14. The Balaban J connectivity index is 2.70. The predicted octanol–water partition coefficient (Wildman–Crippen LogP) is 4.49. The summed E-state index contributed by atoms with van der Waals surface area (Å²) in [6.07, 6.45) is 0. The zero-order valence-electron chi connectivity index (χ0n) is 12.1. The van der Waals surface area contributed by atoms with Gasteiger partial charge in [0.1, 0.15) is 0 Å². The van der Waals surface area contributed by atoms with Gasteiger partial charge in [0.2, 0.25) is 0 Å². The Morgan fingerprint density at radius 3 is 2.26 bits per heavy atom. The van der Waals surface area contributed by atoms with Crippen LogP contribution in [0.1, 0.15) is 27.7 Å². The highest BCUT2D eigenvalue weighted by atomic mass is 35.5. The Bertz CT molecular complexity index is 408. The molecule has 0 radical (unpaired) electrons. The molecule has 0 fully saturated rings. The van der Waals surface area contributed by atoms with Crippen molar-refractivity contribution in [3.05, 3.63) is 29.3 Å². The fraction of sp³-hybridized carbons (Fsp3) is 0.533. The Morgan fingerprint density at radius 2 is 1.79 bits per heavy atom. The number of benzene rings is 1. The standard InChI is InChI=1S/C15H23ClN2O/c1-11(2)9-18(10-12(3)4)15(19)17-14-7-5-6-13(16)8-14/h5-8,11-12H,9-10H2,1-4H3,(H,17,19). The minimum absolute atomic E-state index is 0.0651. The van der Waals surface area contributed by atoms with Gasteiger partial charge in [-0.2, -0.15) is 0 Å². The molecule has 0 atom stereocenters. The van der Waals surface area contributed by atoms with E-state index in [0.29, 0.717) is 16.9 Å². The lowest BCUT2D eigenvalue weighted by atomic mass is 10.1. The van der Waals surface area contributed by atoms with E-state index in [-0.39, 0.29) is 6.03 Å². The number of carbonyl (C=O) groups excluding carboxylic acids is 1. The van der Waals surface area contributed by atoms with Crippen molar-refractivity contribution in [3.8, 4) is 0 Å². The molecule has 0 spiro atoms. The van der Waals surface area contributed by atoms with Crippen LogP contribution in [0.15, 0.2) is 24.3 Å². The molecule has 4 heteroatoms. The van der Waals surface area contributed by atoms with Crippen LogP contribution in [0, 0.1) is 11.8 Å². The number of halogens is 1. The normalized spacial score (nSPS) is 10.9. The van der Waals surface area contributed by atoms with Gasteiger partial charge < -0.3 is 10.2 Å². The van der Waals surface area contributed by atoms with E-state index in [1.807, 2.05) is 17.0 Å². The Labute approximate surface area is 120 Å². The number of amides is 2. The first-order chi connectivity index (χ1) is 8.88. The molecule has 0 heterocycles. The maximum atomic E-state index is 12.3. The minimum atomic E-state index is -0.0651. The van der Waals surface area contributed by atoms with Gasteiger partial charge in [-0.25, -0.2) is 4.79 Å². The van der Waals surface area contributed by atoms with E-state index >= 15 is 0 Å². The third-order valence-electron chi connectivity index (χ3n) is 2.53. The molecular weight excluding hydrogens is 260 g/mol. The van der Waals surface area contributed by atoms with E-state index in [4.69, 9.17) is 11.6 Å². The van der Waals surface area contributed by atoms with Gasteiger partial charge in [0.15, 0.2) is 0 Å². The number of nitrogens with zero attached hydrogens (tertiary/aromatic N) is 1. The third kappa shape index (κ3) is 5.97. The van der Waals surface area contributed by atoms with Gasteiger partial charge in [-0.3, -0.25) is 0 Å². The second kappa shape index (κ2) is 7.39. The van der Waals surface area contributed by atoms with Gasteiger partial charge in [0.05, 0.1) is 0 Å². The van der Waals surface area contributed by atoms with Crippen LogP contribution in [-0.2, 0) is 0 Å². The quantitative estimate of drug-likeness (QED) is 0.848. The molecule has 19 heavy (non-hydrogen) atoms. The van der Waals surface area contributed by atoms with Gasteiger partial charge in [0.25, 0.3) is 0 Å². The highest BCUT2D eigenvalue weighted by molar-refractivity contribution is 6.30. The molecule has 0 aromatic heterocycles. The predicted molar refractivity (Wildman–Crippen MR) is 81.7 cm³/mol. The number of rotatable bonds is 5. The number of anilines is 1. The fourth-order valence-corrected chi connectivity index (χ4v) is 2.08. The molecule has 1 aromatic carbocycles. The van der Waals surface area contributed by atoms with Gasteiger partial charge in [0, 0.05) is 23.8 Å². The van der Waals surface area contributed by atoms with E-state index in [0.717, 1.165) is 18.8 Å². The van der Waals surface area contributed by atoms with Gasteiger partial charge >= 0.3 is 6.03 Å². The maximum Gasteiger partial charge on any atom is 0.321 e. The molecule has 1 aromatic rings. The summed E-state index contributed by atoms with van der Waals surface area (Å²) in [5.74, 6) is 0.896. The second-order valence-corrected chi connectivity index (χ2v) is 6.07. The van der Waals surface area contributed by atoms with Gasteiger partial charge in [-0.15, -0.1) is 0 Å². The fourth-order valence-electron chi connectivity index (χ4n) is 1.89. The van der Waals surface area contributed by atoms with Gasteiger partial charge in [-0.05, 0) is 30.0 Å². The molecule has 1 N–H and O–H groups in total. The van der Waals surface area contributed by atoms with Crippen LogP contribution in [-0.4, -0.2) is 24.0 Å². The monoisotopic (exact) mass is 282 g/mol. The highest BCUT2D eigenvalue weighted by Gasteiger charge is 2.16. The molecule has 1 rings (SSSR count). The van der Waals surface area contributed by atoms with Crippen LogP contribution in [0.2, 0.25) is 5.02 Å². The SMILES string of the molecule is CC(C)CN(CC(C)C)C(=O)Nc1cccc(Cl)c1. The van der Waals surface area contributed by atoms with E-state index in [9.17, 15) is 4.79 Å². The second-order valence-electron chi connectivity index (χ2n) is 5.63. The molecule has 0 aliphatic carbocycles. The molecule has 0 unspecified atom stereocenters. The van der Waals surface area contributed by atoms with Gasteiger partial charge in [-0.1, -0.05) is 45.4 Å². The first-order valence-corrected chi connectivity index (χ1v) is 7.07. The van der Waals surface area contributed by atoms with Crippen molar-refractivity contribution >= 4 is 23.3 Å². The summed E-state index contributed by atoms with van der Waals surface area (Å²) in [6.45, 7) is 9.95. The number of hydrogen-bond donors (Lipinski definition) is 1. The lowest BCUT2D eigenvalue weighted by Crippen LogP contribution is -2.39. The van der Waals surface area contributed by atoms with Crippen molar-refractivity contribution in [2.75, 3.05) is 18.4 Å². The first kappa shape index (κ1) is 15.8. The average molecular weight is 283 g/mol. The van der Waals surface area contributed by atoms with Crippen molar-refractivity contribution in [2.45, 2.75) is 27.7 Å². The van der Waals surface area contributed by atoms with Crippen LogP contribution < -0.4 is 5.32 Å². The minimum Gasteiger partial charge on any atom is -0.324 e. The molecule has 0 aliphatic rings. The topological polar surface area (TPSA) is 32.3 Å². The lowest BCUT2D eigenvalue weighted by Gasteiger charge is -2.26. The van der Waals surface area contributed by atoms with E-state index in [1.165, 1.54) is 0 Å². The van der Waals surface area contributed by atoms with E-state index < -0.39 is 0 Å². The van der Waals surface area contributed by atoms with Crippen LogP contribution in [0.3, 0.4) is 0 Å². The third-order valence-corrected chi connectivity index (χ3v) is 2.77. The van der Waals surface area contributed by atoms with Crippen molar-refractivity contribution in [1.29, 1.82) is 0 Å². The summed E-state index contributed by atoms with van der Waals surface area (Å²) in [4.78, 5) is 14.1. The molecule has 106 valence electrons. The largest absolute Gasteiger partial charge is 0.324 e. The highest BCUT2D eigenvalue weighted by Crippen LogP contribution is 2.16. The molecule has 0 aliphatic heterocycles. The van der Waals surface area contributed by atoms with Crippen LogP contribution in [0.25, 0.3) is 0 Å². The van der Waals surface area contributed by atoms with E-state index in [2.05, 4.69) is 33.0 Å². The first-order valence-electron chi connectivity index (χ1n) is 6.70. The summed E-state index contributed by atoms with van der Waals surface area (Å²) >= 11 is 5.91. The molecule has 3 nitrogen and oxygen atoms in total. The van der Waals surface area contributed by atoms with Crippen molar-refractivity contribution in [3.63, 3.8) is 0 Å². The molecule has 0 bridgehead atoms. The zero-order valence-corrected chi connectivity index (χ0v) is 12.9. The number of hydrogen-bond acceptors (Lipinski definition) is 1. The zero-order chi connectivity index (χ0) is 14.4. The number of nitrogens with one attached hydrogen (secondary N) is 1. The van der Waals surface area contributed by atoms with Crippen LogP contribution in [0.5, 0.6) is 0 Å². The molecular formula is C15H23ClN2O. The maximum absolute atomic E-state index is 12.3. The smallest absolute Gasteiger partial charge is 0.321 e. The lowest BCUT2D eigenvalue weighted by molar-refractivity contribution is 0.196. The summed E-state index contributed by atoms with van der Waals surface area (Å²) in [5, 5.41) is 3.52. The summed E-state index contributed by atoms with van der Waals surface area (Å²) in [7, 11) is 0. The number of urea groups is 1. The Morgan fingerprint density at radius 1 is 1.21 bits per heavy atom. The van der Waals surface area contributed by atoms with Crippen molar-refractivity contribution in [1.82, 2.24) is 4.90 Å². The molecule has 0 saturated heterocycles. The van der Waals surface area contributed by atoms with E-state index in [1.54, 1.807) is 12.1 Å². The van der Waals surface area contributed by atoms with Crippen LogP contribution >= 0.6 is 11.6 Å². The Kier molecular flexibility index (Phi) is 6.16. The summed E-state index contributed by atoms with van der Waals surface area (Å²) in [5.41, 5.74) is 0.731. The van der Waals surface area contributed by atoms with Crippen LogP contribution in [0.4, 0.5) is 10.5 Å². The number of carbonyl (C=O) groups is 1. The van der Waals surface area contributed by atoms with Crippen molar-refractivity contribution < 1.29 is 4.79 Å². The average Bonchev–Trinajstić information content (AvgIpc) is 2.26. The Hall–Kier alpha value is -1.22. The van der Waals surface area contributed by atoms with Crippen molar-refractivity contribution in [2.24, 2.45) is 11.8 Å². The summed E-state index contributed by atoms with van der Waals surface area (Å²) < 4.78 is 0. The molecule has 2 amide bonds. The molecule has 0 saturated carbocycles.